The van der Waals surface area contributed by atoms with Crippen LogP contribution in [-0.4, -0.2) is 50.7 Å². The van der Waals surface area contributed by atoms with Crippen molar-refractivity contribution in [3.05, 3.63) is 82.6 Å². The Bertz CT molecular complexity index is 1600. The van der Waals surface area contributed by atoms with E-state index in [9.17, 15) is 14.3 Å². The minimum absolute atomic E-state index is 0.0151. The fraction of sp³-hybridized carbons (Fsp3) is 0.333. The molecule has 1 fully saturated rings. The lowest BCUT2D eigenvalue weighted by Crippen LogP contribution is -2.36. The van der Waals surface area contributed by atoms with Gasteiger partial charge in [-0.3, -0.25) is 4.90 Å². The minimum Gasteiger partial charge on any atom is -0.494 e. The maximum absolute atomic E-state index is 14.2. The monoisotopic (exact) mass is 543 g/mol. The first-order chi connectivity index (χ1) is 19.3. The number of likely N-dealkylation sites (tertiary alicyclic amines) is 1. The molecule has 0 saturated carbocycles. The molecule has 3 heterocycles. The molecule has 0 spiro atoms. The van der Waals surface area contributed by atoms with Gasteiger partial charge in [-0.25, -0.2) is 19.2 Å². The Kier molecular flexibility index (Phi) is 7.67. The highest BCUT2D eigenvalue weighted by molar-refractivity contribution is 5.95. The van der Waals surface area contributed by atoms with E-state index < -0.39 is 11.8 Å². The molecular formula is C30H30FN5O4. The first kappa shape index (κ1) is 27.1. The standard InChI is InChI=1S/C30H30FN5O4/c1-18(29-34-28-25(35(29)2)14-22(30(37)38)15-26(28)39-3)36-11-9-20(10-12-36)24-5-4-6-27(33-24)40-17-21-8-7-19(16-32)13-23(21)31/h4-8,13-15,18,20H,9-12,17H2,1-3H3,(H,37,38)/t18-/m0/s1. The van der Waals surface area contributed by atoms with Gasteiger partial charge in [0.15, 0.2) is 0 Å². The Morgan fingerprint density at radius 3 is 2.65 bits per heavy atom. The number of benzene rings is 2. The number of piperidine rings is 1. The Morgan fingerprint density at radius 2 is 1.98 bits per heavy atom. The molecule has 0 bridgehead atoms. The molecule has 4 aromatic rings. The molecule has 1 saturated heterocycles. The van der Waals surface area contributed by atoms with E-state index in [1.54, 1.807) is 24.3 Å². The van der Waals surface area contributed by atoms with Crippen LogP contribution in [0.1, 0.15) is 64.7 Å². The van der Waals surface area contributed by atoms with E-state index in [0.29, 0.717) is 22.7 Å². The lowest BCUT2D eigenvalue weighted by molar-refractivity contribution is 0.0696. The number of hydrogen-bond donors (Lipinski definition) is 1. The van der Waals surface area contributed by atoms with Gasteiger partial charge in [-0.05, 0) is 63.2 Å². The van der Waals surface area contributed by atoms with Crippen LogP contribution in [0.3, 0.4) is 0 Å². The molecule has 0 amide bonds. The van der Waals surface area contributed by atoms with Crippen LogP contribution in [0.15, 0.2) is 48.5 Å². The van der Waals surface area contributed by atoms with E-state index in [1.807, 2.05) is 29.8 Å². The average Bonchev–Trinajstić information content (AvgIpc) is 3.31. The molecule has 1 aliphatic rings. The normalized spacial score (nSPS) is 15.1. The number of aryl methyl sites for hydroxylation is 1. The van der Waals surface area contributed by atoms with Gasteiger partial charge in [0, 0.05) is 30.3 Å². The number of carboxylic acids is 1. The van der Waals surface area contributed by atoms with Crippen molar-refractivity contribution in [2.24, 2.45) is 7.05 Å². The fourth-order valence-electron chi connectivity index (χ4n) is 5.30. The van der Waals surface area contributed by atoms with E-state index in [4.69, 9.17) is 24.7 Å². The number of halogens is 1. The summed E-state index contributed by atoms with van der Waals surface area (Å²) in [4.78, 5) is 23.5. The van der Waals surface area contributed by atoms with Gasteiger partial charge in [0.05, 0.1) is 35.9 Å². The molecule has 0 aliphatic carbocycles. The quantitative estimate of drug-likeness (QED) is 0.322. The number of rotatable bonds is 8. The maximum atomic E-state index is 14.2. The van der Waals surface area contributed by atoms with Crippen molar-refractivity contribution in [2.75, 3.05) is 20.2 Å². The van der Waals surface area contributed by atoms with E-state index in [1.165, 1.54) is 19.2 Å². The topological polar surface area (TPSA) is 114 Å². The number of hydrogen-bond acceptors (Lipinski definition) is 7. The van der Waals surface area contributed by atoms with Crippen molar-refractivity contribution < 1.29 is 23.8 Å². The second-order valence-corrected chi connectivity index (χ2v) is 9.97. The highest BCUT2D eigenvalue weighted by atomic mass is 19.1. The van der Waals surface area contributed by atoms with Gasteiger partial charge in [0.1, 0.15) is 29.5 Å². The number of imidazole rings is 1. The number of aromatic nitrogens is 3. The average molecular weight is 544 g/mol. The molecule has 1 N–H and O–H groups in total. The summed E-state index contributed by atoms with van der Waals surface area (Å²) in [6.07, 6.45) is 1.81. The molecule has 1 aliphatic heterocycles. The number of pyridine rings is 1. The van der Waals surface area contributed by atoms with Crippen molar-refractivity contribution in [1.29, 1.82) is 5.26 Å². The predicted octanol–water partition coefficient (Wildman–Crippen LogP) is 5.21. The second kappa shape index (κ2) is 11.3. The van der Waals surface area contributed by atoms with Gasteiger partial charge in [0.2, 0.25) is 5.88 Å². The third-order valence-corrected chi connectivity index (χ3v) is 7.63. The lowest BCUT2D eigenvalue weighted by Gasteiger charge is -2.35. The summed E-state index contributed by atoms with van der Waals surface area (Å²) in [7, 11) is 3.42. The molecule has 5 rings (SSSR count). The van der Waals surface area contributed by atoms with Crippen LogP contribution >= 0.6 is 0 Å². The van der Waals surface area contributed by atoms with Crippen LogP contribution in [0, 0.1) is 17.1 Å². The van der Waals surface area contributed by atoms with E-state index in [-0.39, 0.29) is 29.7 Å². The van der Waals surface area contributed by atoms with Gasteiger partial charge >= 0.3 is 5.97 Å². The van der Waals surface area contributed by atoms with Crippen molar-refractivity contribution in [2.45, 2.75) is 38.3 Å². The third kappa shape index (κ3) is 5.33. The van der Waals surface area contributed by atoms with Crippen LogP contribution in [0.2, 0.25) is 0 Å². The summed E-state index contributed by atoms with van der Waals surface area (Å²) >= 11 is 0. The lowest BCUT2D eigenvalue weighted by atomic mass is 9.92. The Morgan fingerprint density at radius 1 is 1.20 bits per heavy atom. The Balaban J connectivity index is 1.25. The van der Waals surface area contributed by atoms with Gasteiger partial charge in [-0.2, -0.15) is 5.26 Å². The fourth-order valence-corrected chi connectivity index (χ4v) is 5.30. The number of fused-ring (bicyclic) bond motifs is 1. The number of nitriles is 1. The highest BCUT2D eigenvalue weighted by Gasteiger charge is 2.28. The summed E-state index contributed by atoms with van der Waals surface area (Å²) in [6.45, 7) is 3.83. The van der Waals surface area contributed by atoms with Crippen LogP contribution in [0.5, 0.6) is 11.6 Å². The molecule has 9 nitrogen and oxygen atoms in total. The molecule has 0 radical (unpaired) electrons. The molecular weight excluding hydrogens is 513 g/mol. The second-order valence-electron chi connectivity index (χ2n) is 9.97. The predicted molar refractivity (Wildman–Crippen MR) is 146 cm³/mol. The van der Waals surface area contributed by atoms with Crippen LogP contribution in [0.25, 0.3) is 11.0 Å². The summed E-state index contributed by atoms with van der Waals surface area (Å²) < 4.78 is 27.4. The van der Waals surface area contributed by atoms with Crippen molar-refractivity contribution in [1.82, 2.24) is 19.4 Å². The highest BCUT2D eigenvalue weighted by Crippen LogP contribution is 2.34. The van der Waals surface area contributed by atoms with Gasteiger partial charge in [-0.1, -0.05) is 12.1 Å². The molecule has 0 unspecified atom stereocenters. The first-order valence-electron chi connectivity index (χ1n) is 13.1. The van der Waals surface area contributed by atoms with E-state index >= 15 is 0 Å². The third-order valence-electron chi connectivity index (χ3n) is 7.63. The minimum atomic E-state index is -1.01. The number of nitrogens with zero attached hydrogens (tertiary/aromatic N) is 5. The van der Waals surface area contributed by atoms with Gasteiger partial charge in [-0.15, -0.1) is 0 Å². The van der Waals surface area contributed by atoms with Gasteiger partial charge in [0.25, 0.3) is 0 Å². The van der Waals surface area contributed by atoms with E-state index in [2.05, 4.69) is 11.8 Å². The largest absolute Gasteiger partial charge is 0.494 e. The number of ether oxygens (including phenoxy) is 2. The van der Waals surface area contributed by atoms with Crippen LogP contribution < -0.4 is 9.47 Å². The van der Waals surface area contributed by atoms with Crippen LogP contribution in [-0.2, 0) is 13.7 Å². The number of methoxy groups -OCH3 is 1. The SMILES string of the molecule is COc1cc(C(=O)O)cc2c1nc([C@H](C)N1CCC(c3cccc(OCc4ccc(C#N)cc4F)n3)CC1)n2C. The number of carboxylic acid groups (broad SMARTS) is 1. The number of carbonyl (C=O) groups is 1. The summed E-state index contributed by atoms with van der Waals surface area (Å²) in [5.74, 6) is 0.500. The zero-order valence-electron chi connectivity index (χ0n) is 22.6. The van der Waals surface area contributed by atoms with Crippen molar-refractivity contribution >= 4 is 17.0 Å². The van der Waals surface area contributed by atoms with Crippen molar-refractivity contribution in [3.8, 4) is 17.7 Å². The van der Waals surface area contributed by atoms with Crippen molar-refractivity contribution in [3.63, 3.8) is 0 Å². The molecule has 1 atom stereocenters. The van der Waals surface area contributed by atoms with Gasteiger partial charge < -0.3 is 19.1 Å². The number of aromatic carboxylic acids is 1. The van der Waals surface area contributed by atoms with Crippen LogP contribution in [0.4, 0.5) is 4.39 Å². The zero-order chi connectivity index (χ0) is 28.4. The molecule has 40 heavy (non-hydrogen) atoms. The molecule has 2 aromatic heterocycles. The van der Waals surface area contributed by atoms with E-state index in [0.717, 1.165) is 43.0 Å². The molecule has 2 aromatic carbocycles. The zero-order valence-corrected chi connectivity index (χ0v) is 22.6. The molecule has 10 heteroatoms. The summed E-state index contributed by atoms with van der Waals surface area (Å²) in [6, 6.07) is 15.1. The summed E-state index contributed by atoms with van der Waals surface area (Å²) in [5, 5.41) is 18.4. The smallest absolute Gasteiger partial charge is 0.335 e. The first-order valence-corrected chi connectivity index (χ1v) is 13.1. The Hall–Kier alpha value is -4.49. The Labute approximate surface area is 231 Å². The summed E-state index contributed by atoms with van der Waals surface area (Å²) in [5.41, 5.74) is 3.11. The molecule has 206 valence electrons. The maximum Gasteiger partial charge on any atom is 0.335 e.